The predicted octanol–water partition coefficient (Wildman–Crippen LogP) is 1.04. The van der Waals surface area contributed by atoms with E-state index in [0.29, 0.717) is 19.5 Å². The number of ether oxygens (including phenoxy) is 1. The first-order chi connectivity index (χ1) is 6.85. The highest BCUT2D eigenvalue weighted by Gasteiger charge is 2.15. The Bertz CT molecular complexity index is 221. The van der Waals surface area contributed by atoms with Gasteiger partial charge in [-0.2, -0.15) is 0 Å². The quantitative estimate of drug-likeness (QED) is 0.690. The summed E-state index contributed by atoms with van der Waals surface area (Å²) in [6.07, 6.45) is -0.0138. The fourth-order valence-corrected chi connectivity index (χ4v) is 0.806. The molecule has 2 amide bonds. The molecule has 0 aliphatic rings. The van der Waals surface area contributed by atoms with Crippen molar-refractivity contribution in [3.8, 4) is 0 Å². The number of hydrogen-bond acceptors (Lipinski definition) is 3. The van der Waals surface area contributed by atoms with Crippen molar-refractivity contribution in [2.45, 2.75) is 39.7 Å². The standard InChI is InChI=1S/C10H20N2O3/c1-5-8(13)11-6-7-12-9(14)15-10(2,3)4/h5-7H2,1-4H3,(H,11,13)(H,12,14). The SMILES string of the molecule is CCC(=O)NCCNC(=O)OC(C)(C)C. The minimum atomic E-state index is -0.489. The number of rotatable bonds is 4. The van der Waals surface area contributed by atoms with Crippen molar-refractivity contribution >= 4 is 12.0 Å². The van der Waals surface area contributed by atoms with E-state index in [1.807, 2.05) is 0 Å². The molecule has 2 N–H and O–H groups in total. The Kier molecular flexibility index (Phi) is 5.74. The van der Waals surface area contributed by atoms with Gasteiger partial charge in [0, 0.05) is 19.5 Å². The Morgan fingerprint density at radius 1 is 1.13 bits per heavy atom. The highest BCUT2D eigenvalue weighted by Crippen LogP contribution is 2.05. The molecule has 5 nitrogen and oxygen atoms in total. The molecule has 0 aliphatic heterocycles. The number of nitrogens with one attached hydrogen (secondary N) is 2. The zero-order chi connectivity index (χ0) is 11.9. The van der Waals surface area contributed by atoms with Crippen LogP contribution in [0.2, 0.25) is 0 Å². The van der Waals surface area contributed by atoms with Gasteiger partial charge in [-0.15, -0.1) is 0 Å². The van der Waals surface area contributed by atoms with Crippen molar-refractivity contribution < 1.29 is 14.3 Å². The molecule has 0 spiro atoms. The van der Waals surface area contributed by atoms with Gasteiger partial charge in [0.05, 0.1) is 0 Å². The van der Waals surface area contributed by atoms with E-state index >= 15 is 0 Å². The van der Waals surface area contributed by atoms with Gasteiger partial charge in [-0.3, -0.25) is 4.79 Å². The molecule has 88 valence electrons. The Labute approximate surface area is 90.6 Å². The summed E-state index contributed by atoms with van der Waals surface area (Å²) in [5, 5.41) is 5.18. The van der Waals surface area contributed by atoms with Crippen LogP contribution in [-0.2, 0) is 9.53 Å². The summed E-state index contributed by atoms with van der Waals surface area (Å²) >= 11 is 0. The molecule has 0 saturated carbocycles. The lowest BCUT2D eigenvalue weighted by atomic mass is 10.2. The zero-order valence-corrected chi connectivity index (χ0v) is 9.85. The van der Waals surface area contributed by atoms with E-state index in [0.717, 1.165) is 0 Å². The summed E-state index contributed by atoms with van der Waals surface area (Å²) in [4.78, 5) is 22.0. The van der Waals surface area contributed by atoms with Crippen molar-refractivity contribution in [2.75, 3.05) is 13.1 Å². The van der Waals surface area contributed by atoms with Crippen LogP contribution in [0.5, 0.6) is 0 Å². The summed E-state index contributed by atoms with van der Waals surface area (Å²) in [5.41, 5.74) is -0.489. The smallest absolute Gasteiger partial charge is 0.407 e. The van der Waals surface area contributed by atoms with Crippen LogP contribution >= 0.6 is 0 Å². The third-order valence-electron chi connectivity index (χ3n) is 1.44. The first kappa shape index (κ1) is 13.7. The molecule has 5 heteroatoms. The highest BCUT2D eigenvalue weighted by molar-refractivity contribution is 5.75. The molecule has 0 aromatic carbocycles. The Morgan fingerprint density at radius 2 is 1.67 bits per heavy atom. The molecule has 0 atom stereocenters. The van der Waals surface area contributed by atoms with E-state index in [9.17, 15) is 9.59 Å². The van der Waals surface area contributed by atoms with Crippen LogP contribution in [0.25, 0.3) is 0 Å². The molecular formula is C10H20N2O3. The number of amides is 2. The Hall–Kier alpha value is -1.26. The molecule has 0 saturated heterocycles. The normalized spacial score (nSPS) is 10.7. The molecule has 0 radical (unpaired) electrons. The predicted molar refractivity (Wildman–Crippen MR) is 57.5 cm³/mol. The number of carbonyl (C=O) groups excluding carboxylic acids is 2. The Balaban J connectivity index is 3.52. The van der Waals surface area contributed by atoms with E-state index in [4.69, 9.17) is 4.74 Å². The summed E-state index contributed by atoms with van der Waals surface area (Å²) in [6, 6.07) is 0. The second-order valence-electron chi connectivity index (χ2n) is 4.13. The number of hydrogen-bond donors (Lipinski definition) is 2. The first-order valence-corrected chi connectivity index (χ1v) is 5.08. The van der Waals surface area contributed by atoms with E-state index in [2.05, 4.69) is 10.6 Å². The molecule has 0 aromatic rings. The van der Waals surface area contributed by atoms with Crippen LogP contribution in [0, 0.1) is 0 Å². The molecule has 0 rings (SSSR count). The average Bonchev–Trinajstić information content (AvgIpc) is 2.09. The third-order valence-corrected chi connectivity index (χ3v) is 1.44. The molecular weight excluding hydrogens is 196 g/mol. The first-order valence-electron chi connectivity index (χ1n) is 5.08. The van der Waals surface area contributed by atoms with Crippen LogP contribution < -0.4 is 10.6 Å². The molecule has 0 unspecified atom stereocenters. The summed E-state index contributed by atoms with van der Waals surface area (Å²) in [6.45, 7) is 7.96. The third kappa shape index (κ3) is 9.05. The molecule has 0 fully saturated rings. The summed E-state index contributed by atoms with van der Waals surface area (Å²) < 4.78 is 5.01. The maximum absolute atomic E-state index is 11.1. The van der Waals surface area contributed by atoms with Gasteiger partial charge in [0.1, 0.15) is 5.60 Å². The Morgan fingerprint density at radius 3 is 2.13 bits per heavy atom. The fraction of sp³-hybridized carbons (Fsp3) is 0.800. The molecule has 0 heterocycles. The lowest BCUT2D eigenvalue weighted by molar-refractivity contribution is -0.120. The van der Waals surface area contributed by atoms with Crippen molar-refractivity contribution in [3.63, 3.8) is 0 Å². The minimum Gasteiger partial charge on any atom is -0.444 e. The second-order valence-corrected chi connectivity index (χ2v) is 4.13. The molecule has 0 bridgehead atoms. The lowest BCUT2D eigenvalue weighted by Crippen LogP contribution is -2.37. The van der Waals surface area contributed by atoms with Gasteiger partial charge in [-0.25, -0.2) is 4.79 Å². The van der Waals surface area contributed by atoms with Crippen molar-refractivity contribution in [2.24, 2.45) is 0 Å². The van der Waals surface area contributed by atoms with Gasteiger partial charge in [-0.05, 0) is 20.8 Å². The summed E-state index contributed by atoms with van der Waals surface area (Å²) in [7, 11) is 0. The maximum atomic E-state index is 11.1. The van der Waals surface area contributed by atoms with Crippen LogP contribution in [0.3, 0.4) is 0 Å². The van der Waals surface area contributed by atoms with E-state index in [1.165, 1.54) is 0 Å². The van der Waals surface area contributed by atoms with Crippen LogP contribution in [0.15, 0.2) is 0 Å². The maximum Gasteiger partial charge on any atom is 0.407 e. The van der Waals surface area contributed by atoms with Gasteiger partial charge < -0.3 is 15.4 Å². The van der Waals surface area contributed by atoms with Crippen LogP contribution in [-0.4, -0.2) is 30.7 Å². The fourth-order valence-electron chi connectivity index (χ4n) is 0.806. The largest absolute Gasteiger partial charge is 0.444 e. The number of alkyl carbamates (subject to hydrolysis) is 1. The average molecular weight is 216 g/mol. The van der Waals surface area contributed by atoms with E-state index in [1.54, 1.807) is 27.7 Å². The van der Waals surface area contributed by atoms with Crippen LogP contribution in [0.4, 0.5) is 4.79 Å². The lowest BCUT2D eigenvalue weighted by Gasteiger charge is -2.19. The van der Waals surface area contributed by atoms with Gasteiger partial charge in [0.25, 0.3) is 0 Å². The van der Waals surface area contributed by atoms with Crippen molar-refractivity contribution in [1.29, 1.82) is 0 Å². The topological polar surface area (TPSA) is 67.4 Å². The van der Waals surface area contributed by atoms with E-state index in [-0.39, 0.29) is 5.91 Å². The van der Waals surface area contributed by atoms with E-state index < -0.39 is 11.7 Å². The van der Waals surface area contributed by atoms with Crippen molar-refractivity contribution in [3.05, 3.63) is 0 Å². The van der Waals surface area contributed by atoms with Crippen LogP contribution in [0.1, 0.15) is 34.1 Å². The van der Waals surface area contributed by atoms with Gasteiger partial charge in [0.2, 0.25) is 5.91 Å². The van der Waals surface area contributed by atoms with Gasteiger partial charge >= 0.3 is 6.09 Å². The second kappa shape index (κ2) is 6.27. The molecule has 0 aromatic heterocycles. The van der Waals surface area contributed by atoms with Crippen molar-refractivity contribution in [1.82, 2.24) is 10.6 Å². The van der Waals surface area contributed by atoms with Gasteiger partial charge in [0.15, 0.2) is 0 Å². The summed E-state index contributed by atoms with van der Waals surface area (Å²) in [5.74, 6) is -0.0269. The van der Waals surface area contributed by atoms with Gasteiger partial charge in [-0.1, -0.05) is 6.92 Å². The highest BCUT2D eigenvalue weighted by atomic mass is 16.6. The zero-order valence-electron chi connectivity index (χ0n) is 9.85. The molecule has 15 heavy (non-hydrogen) atoms. The number of carbonyl (C=O) groups is 2. The minimum absolute atomic E-state index is 0.0269. The monoisotopic (exact) mass is 216 g/mol. The molecule has 0 aliphatic carbocycles.